The largest absolute Gasteiger partial charge is 0.467 e. The van der Waals surface area contributed by atoms with Crippen molar-refractivity contribution in [2.45, 2.75) is 57.6 Å². The predicted octanol–water partition coefficient (Wildman–Crippen LogP) is 3.94. The van der Waals surface area contributed by atoms with Crippen molar-refractivity contribution in [3.05, 3.63) is 33.8 Å². The molecule has 0 aliphatic heterocycles. The highest BCUT2D eigenvalue weighted by Crippen LogP contribution is 2.36. The van der Waals surface area contributed by atoms with Gasteiger partial charge in [-0.2, -0.15) is 0 Å². The monoisotopic (exact) mass is 397 g/mol. The van der Waals surface area contributed by atoms with Crippen LogP contribution in [0, 0.1) is 0 Å². The summed E-state index contributed by atoms with van der Waals surface area (Å²) >= 11 is 3.48. The smallest absolute Gasteiger partial charge is 0.408 e. The Bertz CT molecular complexity index is 624. The molecule has 0 fully saturated rings. The second-order valence-electron chi connectivity index (χ2n) is 6.99. The number of aryl methyl sites for hydroxylation is 1. The molecule has 1 aromatic rings. The van der Waals surface area contributed by atoms with Gasteiger partial charge in [0, 0.05) is 10.4 Å². The zero-order valence-electron chi connectivity index (χ0n) is 14.5. The lowest BCUT2D eigenvalue weighted by Gasteiger charge is -2.32. The lowest BCUT2D eigenvalue weighted by Crippen LogP contribution is -2.48. The molecular weight excluding hydrogens is 374 g/mol. The van der Waals surface area contributed by atoms with Crippen LogP contribution in [0.5, 0.6) is 0 Å². The zero-order chi connectivity index (χ0) is 17.9. The average molecular weight is 398 g/mol. The third-order valence-electron chi connectivity index (χ3n) is 4.00. The van der Waals surface area contributed by atoms with Gasteiger partial charge in [-0.15, -0.1) is 0 Å². The van der Waals surface area contributed by atoms with Gasteiger partial charge < -0.3 is 14.8 Å². The number of rotatable bonds is 3. The molecule has 1 aliphatic carbocycles. The van der Waals surface area contributed by atoms with Crippen LogP contribution in [0.15, 0.2) is 22.7 Å². The van der Waals surface area contributed by atoms with Crippen molar-refractivity contribution in [1.29, 1.82) is 0 Å². The van der Waals surface area contributed by atoms with Crippen LogP contribution in [-0.4, -0.2) is 30.8 Å². The summed E-state index contributed by atoms with van der Waals surface area (Å²) in [6, 6.07) is 5.31. The van der Waals surface area contributed by atoms with Gasteiger partial charge in [0.2, 0.25) is 0 Å². The van der Waals surface area contributed by atoms with Crippen molar-refractivity contribution in [2.75, 3.05) is 7.11 Å². The van der Waals surface area contributed by atoms with E-state index in [9.17, 15) is 9.59 Å². The molecule has 0 spiro atoms. The minimum Gasteiger partial charge on any atom is -0.467 e. The topological polar surface area (TPSA) is 64.6 Å². The van der Waals surface area contributed by atoms with Crippen LogP contribution >= 0.6 is 15.9 Å². The first kappa shape index (κ1) is 18.8. The Morgan fingerprint density at radius 3 is 2.67 bits per heavy atom. The fourth-order valence-corrected chi connectivity index (χ4v) is 3.42. The highest BCUT2D eigenvalue weighted by Gasteiger charge is 2.35. The molecule has 132 valence electrons. The molecule has 5 nitrogen and oxygen atoms in total. The van der Waals surface area contributed by atoms with Gasteiger partial charge in [0.15, 0.2) is 0 Å². The van der Waals surface area contributed by atoms with Crippen LogP contribution < -0.4 is 5.32 Å². The summed E-state index contributed by atoms with van der Waals surface area (Å²) in [6.07, 6.45) is 2.13. The summed E-state index contributed by atoms with van der Waals surface area (Å²) in [6.45, 7) is 5.35. The SMILES string of the molecule is COC(=O)[C@@H](NC(=O)OC(C)(C)C)[C@H]1CCCc2ccc(Br)cc21. The van der Waals surface area contributed by atoms with E-state index in [0.717, 1.165) is 29.3 Å². The number of halogens is 1. The van der Waals surface area contributed by atoms with Crippen molar-refractivity contribution in [3.63, 3.8) is 0 Å². The van der Waals surface area contributed by atoms with Gasteiger partial charge in [0.1, 0.15) is 11.6 Å². The first-order chi connectivity index (χ1) is 11.2. The van der Waals surface area contributed by atoms with Gasteiger partial charge in [-0.1, -0.05) is 22.0 Å². The number of benzene rings is 1. The number of esters is 1. The van der Waals surface area contributed by atoms with Crippen molar-refractivity contribution in [1.82, 2.24) is 5.32 Å². The van der Waals surface area contributed by atoms with E-state index in [1.54, 1.807) is 20.8 Å². The summed E-state index contributed by atoms with van der Waals surface area (Å²) in [5.74, 6) is -0.593. The number of hydrogen-bond acceptors (Lipinski definition) is 4. The number of carbonyl (C=O) groups excluding carboxylic acids is 2. The van der Waals surface area contributed by atoms with Crippen LogP contribution in [-0.2, 0) is 20.7 Å². The Morgan fingerprint density at radius 1 is 1.33 bits per heavy atom. The van der Waals surface area contributed by atoms with E-state index in [0.29, 0.717) is 0 Å². The molecule has 2 rings (SSSR count). The summed E-state index contributed by atoms with van der Waals surface area (Å²) in [5, 5.41) is 2.70. The van der Waals surface area contributed by atoms with Crippen molar-refractivity contribution < 1.29 is 19.1 Å². The Balaban J connectivity index is 2.28. The number of amides is 1. The van der Waals surface area contributed by atoms with E-state index in [2.05, 4.69) is 27.3 Å². The van der Waals surface area contributed by atoms with Gasteiger partial charge in [0.05, 0.1) is 7.11 Å². The molecule has 0 bridgehead atoms. The number of carbonyl (C=O) groups is 2. The highest BCUT2D eigenvalue weighted by atomic mass is 79.9. The fraction of sp³-hybridized carbons (Fsp3) is 0.556. The summed E-state index contributed by atoms with van der Waals surface area (Å²) < 4.78 is 11.2. The van der Waals surface area contributed by atoms with E-state index >= 15 is 0 Å². The summed E-state index contributed by atoms with van der Waals surface area (Å²) in [5.41, 5.74) is 1.65. The molecule has 0 aromatic heterocycles. The number of ether oxygens (including phenoxy) is 2. The van der Waals surface area contributed by atoms with Gasteiger partial charge in [-0.05, 0) is 63.3 Å². The van der Waals surface area contributed by atoms with Crippen LogP contribution in [0.1, 0.15) is 50.7 Å². The zero-order valence-corrected chi connectivity index (χ0v) is 16.1. The second-order valence-corrected chi connectivity index (χ2v) is 7.90. The minimum atomic E-state index is -0.766. The number of methoxy groups -OCH3 is 1. The Labute approximate surface area is 151 Å². The lowest BCUT2D eigenvalue weighted by atomic mass is 9.78. The Hall–Kier alpha value is -1.56. The third kappa shape index (κ3) is 4.72. The van der Waals surface area contributed by atoms with E-state index in [1.165, 1.54) is 12.7 Å². The van der Waals surface area contributed by atoms with Crippen LogP contribution in [0.4, 0.5) is 4.79 Å². The normalized spacial score (nSPS) is 18.3. The fourth-order valence-electron chi connectivity index (χ4n) is 3.04. The maximum Gasteiger partial charge on any atom is 0.408 e. The van der Waals surface area contributed by atoms with Gasteiger partial charge >= 0.3 is 12.1 Å². The standard InChI is InChI=1S/C18H24BrNO4/c1-18(2,3)24-17(22)20-15(16(21)23-4)13-7-5-6-11-8-9-12(19)10-14(11)13/h8-10,13,15H,5-7H2,1-4H3,(H,20,22)/t13-,15-/m0/s1. The molecule has 0 saturated carbocycles. The Morgan fingerprint density at radius 2 is 2.04 bits per heavy atom. The summed E-state index contributed by atoms with van der Waals surface area (Å²) in [7, 11) is 1.33. The first-order valence-electron chi connectivity index (χ1n) is 8.07. The lowest BCUT2D eigenvalue weighted by molar-refractivity contribution is -0.143. The molecule has 0 heterocycles. The second kappa shape index (κ2) is 7.55. The molecule has 1 amide bonds. The molecule has 0 radical (unpaired) electrons. The molecule has 1 aliphatic rings. The molecule has 1 N–H and O–H groups in total. The number of hydrogen-bond donors (Lipinski definition) is 1. The number of fused-ring (bicyclic) bond motifs is 1. The van der Waals surface area contributed by atoms with Gasteiger partial charge in [-0.25, -0.2) is 9.59 Å². The minimum absolute atomic E-state index is 0.133. The van der Waals surface area contributed by atoms with Gasteiger partial charge in [-0.3, -0.25) is 0 Å². The van der Waals surface area contributed by atoms with Crippen molar-refractivity contribution >= 4 is 28.0 Å². The van der Waals surface area contributed by atoms with Crippen LogP contribution in [0.2, 0.25) is 0 Å². The van der Waals surface area contributed by atoms with E-state index in [1.807, 2.05) is 12.1 Å². The predicted molar refractivity (Wildman–Crippen MR) is 95.0 cm³/mol. The maximum atomic E-state index is 12.3. The maximum absolute atomic E-state index is 12.3. The van der Waals surface area contributed by atoms with E-state index in [-0.39, 0.29) is 5.92 Å². The average Bonchev–Trinajstić information content (AvgIpc) is 2.49. The first-order valence-corrected chi connectivity index (χ1v) is 8.86. The molecule has 1 aromatic carbocycles. The van der Waals surface area contributed by atoms with Crippen molar-refractivity contribution in [3.8, 4) is 0 Å². The quantitative estimate of drug-likeness (QED) is 0.784. The number of alkyl carbamates (subject to hydrolysis) is 1. The van der Waals surface area contributed by atoms with E-state index < -0.39 is 23.7 Å². The third-order valence-corrected chi connectivity index (χ3v) is 4.49. The van der Waals surface area contributed by atoms with Gasteiger partial charge in [0.25, 0.3) is 0 Å². The molecule has 24 heavy (non-hydrogen) atoms. The molecular formula is C18H24BrNO4. The van der Waals surface area contributed by atoms with Crippen molar-refractivity contribution in [2.24, 2.45) is 0 Å². The molecule has 0 saturated heterocycles. The molecule has 0 unspecified atom stereocenters. The number of nitrogens with one attached hydrogen (secondary N) is 1. The van der Waals surface area contributed by atoms with Crippen LogP contribution in [0.25, 0.3) is 0 Å². The highest BCUT2D eigenvalue weighted by molar-refractivity contribution is 9.10. The van der Waals surface area contributed by atoms with E-state index in [4.69, 9.17) is 9.47 Å². The molecule has 6 heteroatoms. The van der Waals surface area contributed by atoms with Crippen LogP contribution in [0.3, 0.4) is 0 Å². The summed E-state index contributed by atoms with van der Waals surface area (Å²) in [4.78, 5) is 24.5. The molecule has 2 atom stereocenters. The Kier molecular flexibility index (Phi) is 5.91.